The predicted molar refractivity (Wildman–Crippen MR) is 94.9 cm³/mol. The summed E-state index contributed by atoms with van der Waals surface area (Å²) < 4.78 is 13.6. The van der Waals surface area contributed by atoms with Gasteiger partial charge in [-0.3, -0.25) is 9.41 Å². The van der Waals surface area contributed by atoms with E-state index >= 15 is 0 Å². The molecule has 2 aromatic rings. The highest BCUT2D eigenvalue weighted by Gasteiger charge is 2.22. The summed E-state index contributed by atoms with van der Waals surface area (Å²) >= 11 is 6.04. The van der Waals surface area contributed by atoms with Crippen molar-refractivity contribution in [3.05, 3.63) is 59.7 Å². The summed E-state index contributed by atoms with van der Waals surface area (Å²) in [6.45, 7) is 1.88. The lowest BCUT2D eigenvalue weighted by Gasteiger charge is -2.26. The number of ether oxygens (including phenoxy) is 2. The molecule has 0 fully saturated rings. The monoisotopic (exact) mass is 342 g/mol. The van der Waals surface area contributed by atoms with E-state index < -0.39 is 0 Å². The maximum Gasteiger partial charge on any atom is 0.152 e. The summed E-state index contributed by atoms with van der Waals surface area (Å²) in [5, 5.41) is 0. The highest BCUT2D eigenvalue weighted by Crippen LogP contribution is 2.36. The smallest absolute Gasteiger partial charge is 0.152 e. The van der Waals surface area contributed by atoms with Crippen LogP contribution in [0.15, 0.2) is 53.5 Å². The van der Waals surface area contributed by atoms with E-state index in [9.17, 15) is 0 Å². The molecule has 0 bridgehead atoms. The molecule has 5 heteroatoms. The summed E-state index contributed by atoms with van der Waals surface area (Å²) in [4.78, 5) is 4.32. The van der Waals surface area contributed by atoms with Crippen LogP contribution in [0.25, 0.3) is 0 Å². The number of fused-ring (bicyclic) bond motifs is 1. The Kier molecular flexibility index (Phi) is 4.30. The first-order valence-corrected chi connectivity index (χ1v) is 8.57. The molecular formula is C19H19ClN2O2. The van der Waals surface area contributed by atoms with Crippen molar-refractivity contribution in [1.29, 1.82) is 0 Å². The number of rotatable bonds is 4. The number of hydrogen-bond donors (Lipinski definition) is 0. The van der Waals surface area contributed by atoms with Gasteiger partial charge in [0.1, 0.15) is 24.2 Å². The lowest BCUT2D eigenvalue weighted by molar-refractivity contribution is 0.176. The van der Waals surface area contributed by atoms with E-state index in [1.165, 1.54) is 11.1 Å². The van der Waals surface area contributed by atoms with Crippen molar-refractivity contribution < 1.29 is 9.47 Å². The molecule has 0 aromatic heterocycles. The number of aliphatic imine (C=N–C) groups is 1. The molecule has 0 amide bonds. The zero-order chi connectivity index (χ0) is 16.4. The minimum Gasteiger partial charge on any atom is -0.486 e. The lowest BCUT2D eigenvalue weighted by atomic mass is 9.97. The molecule has 4 rings (SSSR count). The third-order valence-corrected chi connectivity index (χ3v) is 4.75. The van der Waals surface area contributed by atoms with Crippen LogP contribution in [-0.4, -0.2) is 30.0 Å². The van der Waals surface area contributed by atoms with Crippen LogP contribution in [0.2, 0.25) is 0 Å². The summed E-state index contributed by atoms with van der Waals surface area (Å²) in [6, 6.07) is 16.4. The maximum absolute atomic E-state index is 6.16. The molecule has 1 unspecified atom stereocenters. The van der Waals surface area contributed by atoms with E-state index in [2.05, 4.69) is 35.3 Å². The topological polar surface area (TPSA) is 34.1 Å². The second-order valence-corrected chi connectivity index (χ2v) is 6.41. The first-order valence-electron chi connectivity index (χ1n) is 8.23. The van der Waals surface area contributed by atoms with Crippen molar-refractivity contribution in [3.63, 3.8) is 0 Å². The van der Waals surface area contributed by atoms with Gasteiger partial charge in [-0.15, -0.1) is 0 Å². The van der Waals surface area contributed by atoms with Gasteiger partial charge in [-0.2, -0.15) is 0 Å². The normalized spacial score (nSPS) is 19.5. The lowest BCUT2D eigenvalue weighted by Crippen LogP contribution is -2.23. The standard InChI is InChI=1S/C19H19ClN2O2/c20-22-11-10-21-19(22)13-23-16-7-9-18-15(12-16)6-8-17(24-18)14-4-2-1-3-5-14/h1-5,7,9,12,17H,6,8,10-11,13H2. The molecule has 24 heavy (non-hydrogen) atoms. The molecule has 2 aliphatic rings. The Balaban J connectivity index is 1.43. The first-order chi connectivity index (χ1) is 11.8. The Morgan fingerprint density at radius 1 is 1.21 bits per heavy atom. The summed E-state index contributed by atoms with van der Waals surface area (Å²) in [5.41, 5.74) is 2.42. The van der Waals surface area contributed by atoms with E-state index in [4.69, 9.17) is 21.3 Å². The molecule has 2 aliphatic heterocycles. The van der Waals surface area contributed by atoms with Crippen LogP contribution in [0.3, 0.4) is 0 Å². The van der Waals surface area contributed by atoms with Crippen LogP contribution in [-0.2, 0) is 6.42 Å². The first kappa shape index (κ1) is 15.3. The fourth-order valence-electron chi connectivity index (χ4n) is 3.09. The quantitative estimate of drug-likeness (QED) is 0.788. The average molecular weight is 343 g/mol. The summed E-state index contributed by atoms with van der Waals surface area (Å²) in [7, 11) is 0. The maximum atomic E-state index is 6.16. The largest absolute Gasteiger partial charge is 0.486 e. The average Bonchev–Trinajstić information content (AvgIpc) is 3.05. The van der Waals surface area contributed by atoms with Gasteiger partial charge in [0, 0.05) is 11.8 Å². The molecule has 2 heterocycles. The molecule has 4 nitrogen and oxygen atoms in total. The van der Waals surface area contributed by atoms with Gasteiger partial charge in [-0.25, -0.2) is 0 Å². The van der Waals surface area contributed by atoms with Crippen molar-refractivity contribution in [2.45, 2.75) is 18.9 Å². The summed E-state index contributed by atoms with van der Waals surface area (Å²) in [6.07, 6.45) is 2.08. The van der Waals surface area contributed by atoms with Crippen LogP contribution >= 0.6 is 11.8 Å². The zero-order valence-electron chi connectivity index (χ0n) is 13.3. The van der Waals surface area contributed by atoms with E-state index in [0.29, 0.717) is 6.61 Å². The molecule has 0 saturated heterocycles. The minimum atomic E-state index is 0.128. The van der Waals surface area contributed by atoms with E-state index in [1.54, 1.807) is 4.42 Å². The number of amidine groups is 1. The molecule has 0 radical (unpaired) electrons. The third-order valence-electron chi connectivity index (χ3n) is 4.39. The van der Waals surface area contributed by atoms with Gasteiger partial charge in [0.25, 0.3) is 0 Å². The van der Waals surface area contributed by atoms with E-state index in [0.717, 1.165) is 43.3 Å². The van der Waals surface area contributed by atoms with Crippen molar-refractivity contribution in [3.8, 4) is 11.5 Å². The van der Waals surface area contributed by atoms with Gasteiger partial charge in [0.2, 0.25) is 0 Å². The van der Waals surface area contributed by atoms with Crippen molar-refractivity contribution >= 4 is 17.6 Å². The fraction of sp³-hybridized carbons (Fsp3) is 0.316. The number of benzene rings is 2. The van der Waals surface area contributed by atoms with Crippen LogP contribution in [0.5, 0.6) is 11.5 Å². The highest BCUT2D eigenvalue weighted by molar-refractivity contribution is 6.22. The van der Waals surface area contributed by atoms with Crippen LogP contribution in [0.4, 0.5) is 0 Å². The van der Waals surface area contributed by atoms with Crippen molar-refractivity contribution in [2.24, 2.45) is 4.99 Å². The Labute approximate surface area is 146 Å². The molecule has 1 atom stereocenters. The molecule has 2 aromatic carbocycles. The van der Waals surface area contributed by atoms with E-state index in [1.807, 2.05) is 18.2 Å². The molecular weight excluding hydrogens is 324 g/mol. The summed E-state index contributed by atoms with van der Waals surface area (Å²) in [5.74, 6) is 2.56. The number of hydrogen-bond acceptors (Lipinski definition) is 4. The Bertz CT molecular complexity index is 748. The van der Waals surface area contributed by atoms with Gasteiger partial charge < -0.3 is 9.47 Å². The molecule has 0 saturated carbocycles. The van der Waals surface area contributed by atoms with Gasteiger partial charge in [-0.1, -0.05) is 30.3 Å². The van der Waals surface area contributed by atoms with Crippen LogP contribution in [0.1, 0.15) is 23.7 Å². The SMILES string of the molecule is ClN1CCN=C1COc1ccc2c(c1)CCC(c1ccccc1)O2. The predicted octanol–water partition coefficient (Wildman–Crippen LogP) is 4.00. The molecule has 0 spiro atoms. The van der Waals surface area contributed by atoms with Crippen molar-refractivity contribution in [2.75, 3.05) is 19.7 Å². The third kappa shape index (κ3) is 3.20. The number of nitrogens with zero attached hydrogens (tertiary/aromatic N) is 2. The van der Waals surface area contributed by atoms with Gasteiger partial charge in [0.05, 0.1) is 13.1 Å². The Hall–Kier alpha value is -2.20. The fourth-order valence-corrected chi connectivity index (χ4v) is 3.27. The number of halogens is 1. The van der Waals surface area contributed by atoms with Crippen molar-refractivity contribution in [1.82, 2.24) is 4.42 Å². The van der Waals surface area contributed by atoms with Gasteiger partial charge >= 0.3 is 0 Å². The second kappa shape index (κ2) is 6.73. The molecule has 0 N–H and O–H groups in total. The van der Waals surface area contributed by atoms with E-state index in [-0.39, 0.29) is 6.10 Å². The zero-order valence-corrected chi connectivity index (χ0v) is 14.1. The van der Waals surface area contributed by atoms with Crippen LogP contribution < -0.4 is 9.47 Å². The highest BCUT2D eigenvalue weighted by atomic mass is 35.5. The second-order valence-electron chi connectivity index (χ2n) is 6.00. The van der Waals surface area contributed by atoms with Gasteiger partial charge in [0.15, 0.2) is 5.84 Å². The minimum absolute atomic E-state index is 0.128. The number of aryl methyl sites for hydroxylation is 1. The Morgan fingerprint density at radius 2 is 2.08 bits per heavy atom. The molecule has 124 valence electrons. The molecule has 0 aliphatic carbocycles. The van der Waals surface area contributed by atoms with Gasteiger partial charge in [-0.05, 0) is 42.2 Å². The Morgan fingerprint density at radius 3 is 2.88 bits per heavy atom. The van der Waals surface area contributed by atoms with Crippen LogP contribution in [0, 0.1) is 0 Å².